The van der Waals surface area contributed by atoms with Crippen LogP contribution in [-0.4, -0.2) is 29.2 Å². The second kappa shape index (κ2) is 8.87. The van der Waals surface area contributed by atoms with Gasteiger partial charge in [-0.25, -0.2) is 0 Å². The minimum Gasteiger partial charge on any atom is -0.505 e. The summed E-state index contributed by atoms with van der Waals surface area (Å²) >= 11 is 0. The standard InChI is InChI=1S/C22H18N4O4/c27-21(15-5-2-1-3-6-15)20(22(28)24-17-7-4-10-23-14-17)26-25-16-8-9-18-19(13-16)30-12-11-29-18/h1-10,13-14,27H,11-12H2,(H,24,28). The lowest BCUT2D eigenvalue weighted by molar-refractivity contribution is -0.112. The zero-order valence-electron chi connectivity index (χ0n) is 15.9. The van der Waals surface area contributed by atoms with Crippen molar-refractivity contribution in [3.8, 4) is 11.5 Å². The number of rotatable bonds is 5. The van der Waals surface area contributed by atoms with Crippen molar-refractivity contribution in [1.29, 1.82) is 0 Å². The van der Waals surface area contributed by atoms with Crippen molar-refractivity contribution < 1.29 is 19.4 Å². The predicted molar refractivity (Wildman–Crippen MR) is 111 cm³/mol. The molecule has 0 saturated carbocycles. The third kappa shape index (κ3) is 4.44. The van der Waals surface area contributed by atoms with Crippen LogP contribution in [0.4, 0.5) is 11.4 Å². The van der Waals surface area contributed by atoms with Gasteiger partial charge in [0.2, 0.25) is 0 Å². The fraction of sp³-hybridized carbons (Fsp3) is 0.0909. The summed E-state index contributed by atoms with van der Waals surface area (Å²) in [6.45, 7) is 0.932. The number of aromatic nitrogens is 1. The molecule has 8 nitrogen and oxygen atoms in total. The fourth-order valence-electron chi connectivity index (χ4n) is 2.76. The zero-order valence-corrected chi connectivity index (χ0v) is 15.9. The van der Waals surface area contributed by atoms with Crippen molar-refractivity contribution in [3.63, 3.8) is 0 Å². The van der Waals surface area contributed by atoms with Crippen molar-refractivity contribution in [2.75, 3.05) is 18.5 Å². The van der Waals surface area contributed by atoms with Crippen LogP contribution in [0.2, 0.25) is 0 Å². The topological polar surface area (TPSA) is 105 Å². The number of anilines is 1. The van der Waals surface area contributed by atoms with Crippen molar-refractivity contribution in [3.05, 3.63) is 84.3 Å². The number of hydrogen-bond donors (Lipinski definition) is 2. The van der Waals surface area contributed by atoms with Crippen LogP contribution in [0.25, 0.3) is 5.76 Å². The fourth-order valence-corrected chi connectivity index (χ4v) is 2.76. The molecule has 0 unspecified atom stereocenters. The van der Waals surface area contributed by atoms with Gasteiger partial charge < -0.3 is 19.9 Å². The molecule has 1 aliphatic heterocycles. The molecule has 0 radical (unpaired) electrons. The number of carbonyl (C=O) groups is 1. The first-order valence-electron chi connectivity index (χ1n) is 9.22. The molecule has 1 amide bonds. The SMILES string of the molecule is O=C(Nc1cccnc1)C(N=Nc1ccc2c(c1)OCCO2)=C(O)c1ccccc1. The second-order valence-corrected chi connectivity index (χ2v) is 6.29. The molecule has 1 aliphatic rings. The summed E-state index contributed by atoms with van der Waals surface area (Å²) < 4.78 is 11.0. The normalized spacial score (nSPS) is 13.6. The molecule has 1 aromatic heterocycles. The molecule has 150 valence electrons. The van der Waals surface area contributed by atoms with E-state index in [-0.39, 0.29) is 11.5 Å². The molecule has 0 spiro atoms. The summed E-state index contributed by atoms with van der Waals surface area (Å²) in [5, 5.41) is 21.5. The lowest BCUT2D eigenvalue weighted by Crippen LogP contribution is -2.15. The maximum Gasteiger partial charge on any atom is 0.280 e. The van der Waals surface area contributed by atoms with E-state index in [1.54, 1.807) is 60.8 Å². The third-order valence-corrected chi connectivity index (χ3v) is 4.20. The number of benzene rings is 2. The van der Waals surface area contributed by atoms with Crippen LogP contribution in [-0.2, 0) is 4.79 Å². The number of pyridine rings is 1. The Morgan fingerprint density at radius 2 is 1.80 bits per heavy atom. The Hall–Kier alpha value is -4.20. The smallest absolute Gasteiger partial charge is 0.280 e. The van der Waals surface area contributed by atoms with Gasteiger partial charge in [-0.05, 0) is 24.3 Å². The number of carbonyl (C=O) groups excluding carboxylic acids is 1. The van der Waals surface area contributed by atoms with Gasteiger partial charge in [0.1, 0.15) is 13.2 Å². The molecule has 0 fully saturated rings. The molecular weight excluding hydrogens is 384 g/mol. The quantitative estimate of drug-likeness (QED) is 0.371. The Balaban J connectivity index is 1.66. The second-order valence-electron chi connectivity index (χ2n) is 6.29. The van der Waals surface area contributed by atoms with Gasteiger partial charge in [-0.2, -0.15) is 5.11 Å². The summed E-state index contributed by atoms with van der Waals surface area (Å²) in [5.74, 6) is 0.261. The number of aliphatic hydroxyl groups is 1. The predicted octanol–water partition coefficient (Wildman–Crippen LogP) is 4.50. The van der Waals surface area contributed by atoms with E-state index >= 15 is 0 Å². The minimum absolute atomic E-state index is 0.236. The van der Waals surface area contributed by atoms with Gasteiger partial charge in [0.25, 0.3) is 5.91 Å². The van der Waals surface area contributed by atoms with Crippen molar-refractivity contribution in [2.45, 2.75) is 0 Å². The first kappa shape index (κ1) is 19.1. The molecule has 4 rings (SSSR count). The van der Waals surface area contributed by atoms with E-state index in [0.717, 1.165) is 0 Å². The van der Waals surface area contributed by atoms with Gasteiger partial charge in [-0.15, -0.1) is 5.11 Å². The zero-order chi connectivity index (χ0) is 20.8. The first-order chi connectivity index (χ1) is 14.7. The van der Waals surface area contributed by atoms with Crippen LogP contribution in [0, 0.1) is 0 Å². The molecule has 0 aliphatic carbocycles. The van der Waals surface area contributed by atoms with E-state index in [2.05, 4.69) is 20.5 Å². The highest BCUT2D eigenvalue weighted by Crippen LogP contribution is 2.34. The van der Waals surface area contributed by atoms with Gasteiger partial charge >= 0.3 is 0 Å². The van der Waals surface area contributed by atoms with Crippen LogP contribution in [0.3, 0.4) is 0 Å². The van der Waals surface area contributed by atoms with Gasteiger partial charge in [-0.1, -0.05) is 30.3 Å². The third-order valence-electron chi connectivity index (χ3n) is 4.20. The number of azo groups is 1. The van der Waals surface area contributed by atoms with E-state index in [1.807, 2.05) is 6.07 Å². The highest BCUT2D eigenvalue weighted by molar-refractivity contribution is 6.07. The molecule has 30 heavy (non-hydrogen) atoms. The molecule has 0 saturated heterocycles. The van der Waals surface area contributed by atoms with Gasteiger partial charge in [-0.3, -0.25) is 9.78 Å². The highest BCUT2D eigenvalue weighted by atomic mass is 16.6. The summed E-state index contributed by atoms with van der Waals surface area (Å²) in [7, 11) is 0. The average molecular weight is 402 g/mol. The Labute approximate surface area is 172 Å². The number of ether oxygens (including phenoxy) is 2. The van der Waals surface area contributed by atoms with Crippen LogP contribution in [0.5, 0.6) is 11.5 Å². The number of hydrogen-bond acceptors (Lipinski definition) is 7. The molecule has 3 aromatic rings. The van der Waals surface area contributed by atoms with Gasteiger partial charge in [0, 0.05) is 17.8 Å². The van der Waals surface area contributed by atoms with Gasteiger partial charge in [0.15, 0.2) is 23.0 Å². The first-order valence-corrected chi connectivity index (χ1v) is 9.22. The Morgan fingerprint density at radius 1 is 1.00 bits per heavy atom. The monoisotopic (exact) mass is 402 g/mol. The largest absolute Gasteiger partial charge is 0.505 e. The Bertz CT molecular complexity index is 1100. The lowest BCUT2D eigenvalue weighted by atomic mass is 10.1. The summed E-state index contributed by atoms with van der Waals surface area (Å²) in [6.07, 6.45) is 3.09. The Kier molecular flexibility index (Phi) is 5.66. The van der Waals surface area contributed by atoms with E-state index in [0.29, 0.717) is 41.7 Å². The number of aliphatic hydroxyl groups excluding tert-OH is 1. The lowest BCUT2D eigenvalue weighted by Gasteiger charge is -2.17. The number of nitrogens with one attached hydrogen (secondary N) is 1. The maximum atomic E-state index is 12.8. The minimum atomic E-state index is -0.620. The van der Waals surface area contributed by atoms with E-state index < -0.39 is 5.91 Å². The highest BCUT2D eigenvalue weighted by Gasteiger charge is 2.18. The molecule has 0 bridgehead atoms. The van der Waals surface area contributed by atoms with Crippen molar-refractivity contribution in [1.82, 2.24) is 4.98 Å². The number of amides is 1. The maximum absolute atomic E-state index is 12.8. The van der Waals surface area contributed by atoms with Crippen molar-refractivity contribution >= 4 is 23.0 Å². The molecule has 2 heterocycles. The number of nitrogens with zero attached hydrogens (tertiary/aromatic N) is 3. The number of fused-ring (bicyclic) bond motifs is 1. The van der Waals surface area contributed by atoms with Crippen molar-refractivity contribution in [2.24, 2.45) is 10.2 Å². The summed E-state index contributed by atoms with van der Waals surface area (Å²) in [5.41, 5.74) is 1.12. The molecule has 0 atom stereocenters. The van der Waals surface area contributed by atoms with E-state index in [1.165, 1.54) is 6.20 Å². The summed E-state index contributed by atoms with van der Waals surface area (Å²) in [4.78, 5) is 16.8. The molecule has 2 aromatic carbocycles. The van der Waals surface area contributed by atoms with Crippen LogP contribution in [0.1, 0.15) is 5.56 Å². The Morgan fingerprint density at radius 3 is 2.57 bits per heavy atom. The van der Waals surface area contributed by atoms with Gasteiger partial charge in [0.05, 0.1) is 17.6 Å². The molecule has 8 heteroatoms. The van der Waals surface area contributed by atoms with Crippen LogP contribution in [0.15, 0.2) is 89.0 Å². The summed E-state index contributed by atoms with van der Waals surface area (Å²) in [6, 6.07) is 17.1. The molecular formula is C22H18N4O4. The van der Waals surface area contributed by atoms with Crippen LogP contribution >= 0.6 is 0 Å². The van der Waals surface area contributed by atoms with E-state index in [4.69, 9.17) is 9.47 Å². The van der Waals surface area contributed by atoms with Crippen LogP contribution < -0.4 is 14.8 Å². The molecule has 2 N–H and O–H groups in total. The average Bonchev–Trinajstić information content (AvgIpc) is 2.80. The van der Waals surface area contributed by atoms with E-state index in [9.17, 15) is 9.90 Å².